The minimum absolute atomic E-state index is 0.180. The normalized spacial score (nSPS) is 10.7. The van der Waals surface area contributed by atoms with Gasteiger partial charge in [-0.1, -0.05) is 55.5 Å². The summed E-state index contributed by atoms with van der Waals surface area (Å²) in [6.07, 6.45) is 0.995. The molecule has 1 aromatic heterocycles. The molecule has 0 atom stereocenters. The zero-order chi connectivity index (χ0) is 20.1. The van der Waals surface area contributed by atoms with Crippen molar-refractivity contribution in [3.05, 3.63) is 83.2 Å². The van der Waals surface area contributed by atoms with Crippen LogP contribution in [0.2, 0.25) is 0 Å². The maximum atomic E-state index is 12.7. The number of hydrogen-bond acceptors (Lipinski definition) is 3. The molecule has 0 unspecified atom stereocenters. The largest absolute Gasteiger partial charge is 0.454 e. The van der Waals surface area contributed by atoms with Crippen molar-refractivity contribution in [1.29, 1.82) is 0 Å². The zero-order valence-corrected chi connectivity index (χ0v) is 16.6. The lowest BCUT2D eigenvalue weighted by Gasteiger charge is -2.10. The third-order valence-electron chi connectivity index (χ3n) is 4.89. The number of hydrogen-bond donors (Lipinski definition) is 0. The third kappa shape index (κ3) is 4.06. The van der Waals surface area contributed by atoms with Crippen LogP contribution in [0.25, 0.3) is 11.1 Å². The lowest BCUT2D eigenvalue weighted by molar-refractivity contribution is 0.0475. The first kappa shape index (κ1) is 19.6. The van der Waals surface area contributed by atoms with Crippen molar-refractivity contribution in [3.8, 4) is 11.1 Å². The summed E-state index contributed by atoms with van der Waals surface area (Å²) in [5.41, 5.74) is 4.77. The number of esters is 1. The highest BCUT2D eigenvalue weighted by Crippen LogP contribution is 2.24. The average Bonchev–Trinajstić information content (AvgIpc) is 3.01. The number of carbonyl (C=O) groups excluding carboxylic acids is 2. The molecule has 0 aliphatic carbocycles. The van der Waals surface area contributed by atoms with Gasteiger partial charge in [0.15, 0.2) is 6.61 Å². The van der Waals surface area contributed by atoms with Gasteiger partial charge in [0.05, 0.1) is 5.56 Å². The summed E-state index contributed by atoms with van der Waals surface area (Å²) in [6, 6.07) is 18.8. The van der Waals surface area contributed by atoms with Crippen LogP contribution in [-0.2, 0) is 11.3 Å². The molecule has 0 amide bonds. The van der Waals surface area contributed by atoms with E-state index in [1.165, 1.54) is 0 Å². The predicted octanol–water partition coefficient (Wildman–Crippen LogP) is 5.22. The number of aromatic nitrogens is 1. The average molecular weight is 375 g/mol. The molecule has 0 spiro atoms. The lowest BCUT2D eigenvalue weighted by Crippen LogP contribution is -2.15. The van der Waals surface area contributed by atoms with Gasteiger partial charge in [-0.15, -0.1) is 0 Å². The van der Waals surface area contributed by atoms with Gasteiger partial charge in [0.1, 0.15) is 0 Å². The van der Waals surface area contributed by atoms with Gasteiger partial charge in [-0.05, 0) is 43.5 Å². The van der Waals surface area contributed by atoms with Gasteiger partial charge in [0.25, 0.3) is 0 Å². The van der Waals surface area contributed by atoms with Gasteiger partial charge in [-0.3, -0.25) is 4.79 Å². The summed E-state index contributed by atoms with van der Waals surface area (Å²) in [5.74, 6) is -0.670. The highest BCUT2D eigenvalue weighted by molar-refractivity contribution is 6.02. The van der Waals surface area contributed by atoms with Crippen LogP contribution in [-0.4, -0.2) is 22.9 Å². The summed E-state index contributed by atoms with van der Waals surface area (Å²) in [6.45, 7) is 6.63. The molecule has 4 heteroatoms. The monoisotopic (exact) mass is 375 g/mol. The van der Waals surface area contributed by atoms with E-state index in [4.69, 9.17) is 4.74 Å². The molecule has 3 rings (SSSR count). The smallest absolute Gasteiger partial charge is 0.339 e. The minimum atomic E-state index is -0.491. The Morgan fingerprint density at radius 3 is 2.32 bits per heavy atom. The summed E-state index contributed by atoms with van der Waals surface area (Å²) in [7, 11) is 0. The second kappa shape index (κ2) is 8.70. The lowest BCUT2D eigenvalue weighted by atomic mass is 10.00. The second-order valence-corrected chi connectivity index (χ2v) is 6.85. The number of benzene rings is 2. The van der Waals surface area contributed by atoms with Crippen LogP contribution in [0.5, 0.6) is 0 Å². The fourth-order valence-corrected chi connectivity index (χ4v) is 3.47. The fourth-order valence-electron chi connectivity index (χ4n) is 3.47. The van der Waals surface area contributed by atoms with E-state index in [0.29, 0.717) is 11.1 Å². The SMILES string of the molecule is CCCn1c(C)cc(C(=O)COC(=O)c2ccccc2-c2ccccc2)c1C. The Kier molecular flexibility index (Phi) is 6.09. The van der Waals surface area contributed by atoms with E-state index in [2.05, 4.69) is 11.5 Å². The maximum Gasteiger partial charge on any atom is 0.339 e. The molecule has 28 heavy (non-hydrogen) atoms. The molecule has 3 aromatic rings. The van der Waals surface area contributed by atoms with Crippen molar-refractivity contribution < 1.29 is 14.3 Å². The molecule has 1 heterocycles. The molecule has 0 aliphatic rings. The van der Waals surface area contributed by atoms with E-state index >= 15 is 0 Å². The van der Waals surface area contributed by atoms with Crippen LogP contribution in [0.4, 0.5) is 0 Å². The molecule has 0 aliphatic heterocycles. The highest BCUT2D eigenvalue weighted by Gasteiger charge is 2.19. The van der Waals surface area contributed by atoms with E-state index in [1.54, 1.807) is 12.1 Å². The molecule has 144 valence electrons. The van der Waals surface area contributed by atoms with Gasteiger partial charge >= 0.3 is 5.97 Å². The highest BCUT2D eigenvalue weighted by atomic mass is 16.5. The van der Waals surface area contributed by atoms with E-state index in [9.17, 15) is 9.59 Å². The summed E-state index contributed by atoms with van der Waals surface area (Å²) in [4.78, 5) is 25.3. The number of carbonyl (C=O) groups is 2. The molecular weight excluding hydrogens is 350 g/mol. The molecule has 0 saturated heterocycles. The predicted molar refractivity (Wildman–Crippen MR) is 111 cm³/mol. The number of Topliss-reactive ketones (excluding diaryl/α,β-unsaturated/α-hetero) is 1. The summed E-state index contributed by atoms with van der Waals surface area (Å²) >= 11 is 0. The number of nitrogens with zero attached hydrogens (tertiary/aromatic N) is 1. The van der Waals surface area contributed by atoms with E-state index in [0.717, 1.165) is 35.5 Å². The van der Waals surface area contributed by atoms with Gasteiger partial charge in [0, 0.05) is 23.5 Å². The van der Waals surface area contributed by atoms with Crippen LogP contribution < -0.4 is 0 Å². The van der Waals surface area contributed by atoms with Crippen molar-refractivity contribution in [2.75, 3.05) is 6.61 Å². The molecular formula is C24H25NO3. The Hall–Kier alpha value is -3.14. The van der Waals surface area contributed by atoms with Crippen molar-refractivity contribution in [1.82, 2.24) is 4.57 Å². The topological polar surface area (TPSA) is 48.3 Å². The van der Waals surface area contributed by atoms with Crippen LogP contribution in [0.1, 0.15) is 45.4 Å². The number of ether oxygens (including phenoxy) is 1. The van der Waals surface area contributed by atoms with Crippen molar-refractivity contribution in [2.45, 2.75) is 33.7 Å². The standard InChI is InChI=1S/C24H25NO3/c1-4-14-25-17(2)15-22(18(25)3)23(26)16-28-24(27)21-13-9-8-12-20(21)19-10-6-5-7-11-19/h5-13,15H,4,14,16H2,1-3H3. The Morgan fingerprint density at radius 2 is 1.61 bits per heavy atom. The molecule has 2 aromatic carbocycles. The van der Waals surface area contributed by atoms with Crippen molar-refractivity contribution in [2.24, 2.45) is 0 Å². The molecule has 0 bridgehead atoms. The summed E-state index contributed by atoms with van der Waals surface area (Å²) in [5, 5.41) is 0. The number of rotatable bonds is 7. The van der Waals surface area contributed by atoms with Crippen molar-refractivity contribution >= 4 is 11.8 Å². The Bertz CT molecular complexity index is 986. The number of ketones is 1. The quantitative estimate of drug-likeness (QED) is 0.420. The Balaban J connectivity index is 1.75. The first-order chi connectivity index (χ1) is 13.5. The van der Waals surface area contributed by atoms with E-state index in [-0.39, 0.29) is 12.4 Å². The third-order valence-corrected chi connectivity index (χ3v) is 4.89. The minimum Gasteiger partial charge on any atom is -0.454 e. The van der Waals surface area contributed by atoms with Crippen molar-refractivity contribution in [3.63, 3.8) is 0 Å². The molecule has 0 saturated carbocycles. The van der Waals surface area contributed by atoms with Gasteiger partial charge in [-0.25, -0.2) is 4.79 Å². The number of aryl methyl sites for hydroxylation is 1. The second-order valence-electron chi connectivity index (χ2n) is 6.85. The molecule has 0 radical (unpaired) electrons. The molecule has 0 fully saturated rings. The molecule has 0 N–H and O–H groups in total. The Morgan fingerprint density at radius 1 is 0.929 bits per heavy atom. The van der Waals surface area contributed by atoms with Gasteiger partial charge in [0.2, 0.25) is 5.78 Å². The van der Waals surface area contributed by atoms with E-state index in [1.807, 2.05) is 62.4 Å². The van der Waals surface area contributed by atoms with Crippen LogP contribution in [0.3, 0.4) is 0 Å². The van der Waals surface area contributed by atoms with Gasteiger partial charge < -0.3 is 9.30 Å². The van der Waals surface area contributed by atoms with Crippen LogP contribution >= 0.6 is 0 Å². The fraction of sp³-hybridized carbons (Fsp3) is 0.250. The van der Waals surface area contributed by atoms with E-state index < -0.39 is 5.97 Å². The molecule has 4 nitrogen and oxygen atoms in total. The Labute approximate surface area is 165 Å². The van der Waals surface area contributed by atoms with Crippen LogP contribution in [0.15, 0.2) is 60.7 Å². The van der Waals surface area contributed by atoms with Crippen LogP contribution in [0, 0.1) is 13.8 Å². The zero-order valence-electron chi connectivity index (χ0n) is 16.6. The van der Waals surface area contributed by atoms with Gasteiger partial charge in [-0.2, -0.15) is 0 Å². The first-order valence-electron chi connectivity index (χ1n) is 9.54. The maximum absolute atomic E-state index is 12.7. The first-order valence-corrected chi connectivity index (χ1v) is 9.54. The summed E-state index contributed by atoms with van der Waals surface area (Å²) < 4.78 is 7.50.